The van der Waals surface area contributed by atoms with Crippen molar-refractivity contribution in [3.05, 3.63) is 10.4 Å². The van der Waals surface area contributed by atoms with Gasteiger partial charge in [0.15, 0.2) is 0 Å². The second kappa shape index (κ2) is 9.02. The smallest absolute Gasteiger partial charge is 0.106 e. The minimum Gasteiger partial charge on any atom is -0.299 e. The normalized spacial score (nSPS) is 10.6. The molecule has 0 aromatic heterocycles. The van der Waals surface area contributed by atoms with Gasteiger partial charge in [0, 0.05) is 11.5 Å². The summed E-state index contributed by atoms with van der Waals surface area (Å²) in [5, 5.41) is 16.0. The van der Waals surface area contributed by atoms with E-state index in [9.17, 15) is 5.26 Å². The van der Waals surface area contributed by atoms with E-state index in [-0.39, 0.29) is 5.54 Å². The van der Waals surface area contributed by atoms with Gasteiger partial charge in [-0.15, -0.1) is 0 Å². The molecule has 0 heterocycles. The van der Waals surface area contributed by atoms with E-state index in [1.165, 1.54) is 0 Å². The number of nitrogens with one attached hydrogen (secondary N) is 1. The Bertz CT molecular complexity index is 256. The van der Waals surface area contributed by atoms with Crippen LogP contribution in [-0.4, -0.2) is 18.6 Å². The van der Waals surface area contributed by atoms with Gasteiger partial charge in [0.2, 0.25) is 0 Å². The van der Waals surface area contributed by atoms with Crippen molar-refractivity contribution >= 4 is 0 Å². The van der Waals surface area contributed by atoms with Crippen LogP contribution in [-0.2, 0) is 0 Å². The lowest BCUT2D eigenvalue weighted by Crippen LogP contribution is -2.44. The molecule has 0 aromatic rings. The fraction of sp³-hybridized carbons (Fsp3) is 0.909. The van der Waals surface area contributed by atoms with Crippen molar-refractivity contribution in [1.29, 1.82) is 5.26 Å². The molecule has 0 radical (unpaired) electrons. The summed E-state index contributed by atoms with van der Waals surface area (Å²) < 4.78 is 0. The van der Waals surface area contributed by atoms with Gasteiger partial charge in [0.25, 0.3) is 0 Å². The molecule has 0 saturated heterocycles. The molecule has 1 N–H and O–H groups in total. The van der Waals surface area contributed by atoms with Crippen LogP contribution in [0.4, 0.5) is 0 Å². The van der Waals surface area contributed by atoms with Crippen LogP contribution in [0.2, 0.25) is 0 Å². The Morgan fingerprint density at radius 2 is 2.00 bits per heavy atom. The molecule has 5 heteroatoms. The number of azide groups is 1. The molecule has 0 fully saturated rings. The van der Waals surface area contributed by atoms with Crippen molar-refractivity contribution in [3.63, 3.8) is 0 Å². The van der Waals surface area contributed by atoms with Gasteiger partial charge in [0.1, 0.15) is 5.54 Å². The number of nitriles is 1. The summed E-state index contributed by atoms with van der Waals surface area (Å²) in [6, 6.07) is 2.39. The molecule has 0 amide bonds. The molecule has 0 bridgehead atoms. The maximum absolute atomic E-state index is 9.25. The van der Waals surface area contributed by atoms with Crippen LogP contribution in [0.5, 0.6) is 0 Å². The van der Waals surface area contributed by atoms with E-state index in [1.807, 2.05) is 0 Å². The first-order valence-electron chi connectivity index (χ1n) is 5.91. The van der Waals surface area contributed by atoms with E-state index in [0.717, 1.165) is 38.6 Å². The molecule has 0 atom stereocenters. The van der Waals surface area contributed by atoms with Crippen LogP contribution in [0, 0.1) is 11.3 Å². The van der Waals surface area contributed by atoms with Crippen molar-refractivity contribution < 1.29 is 0 Å². The Kier molecular flexibility index (Phi) is 8.32. The number of nitrogens with zero attached hydrogens (tertiary/aromatic N) is 4. The Hall–Kier alpha value is -1.24. The van der Waals surface area contributed by atoms with E-state index in [0.29, 0.717) is 6.54 Å². The molecule has 0 aliphatic carbocycles. The molecular weight excluding hydrogens is 202 g/mol. The van der Waals surface area contributed by atoms with E-state index in [1.54, 1.807) is 0 Å². The Morgan fingerprint density at radius 3 is 2.44 bits per heavy atom. The average Bonchev–Trinajstić information content (AvgIpc) is 2.29. The molecule has 0 aliphatic rings. The molecule has 0 saturated carbocycles. The van der Waals surface area contributed by atoms with Gasteiger partial charge < -0.3 is 0 Å². The summed E-state index contributed by atoms with van der Waals surface area (Å²) in [5.41, 5.74) is 7.74. The zero-order valence-electron chi connectivity index (χ0n) is 10.2. The highest BCUT2D eigenvalue weighted by Gasteiger charge is 2.26. The molecule has 0 spiro atoms. The summed E-state index contributed by atoms with van der Waals surface area (Å²) in [4.78, 5) is 2.69. The lowest BCUT2D eigenvalue weighted by Gasteiger charge is -2.27. The summed E-state index contributed by atoms with van der Waals surface area (Å²) >= 11 is 0. The van der Waals surface area contributed by atoms with Gasteiger partial charge in [-0.2, -0.15) is 5.26 Å². The number of hydrogen-bond acceptors (Lipinski definition) is 3. The summed E-state index contributed by atoms with van der Waals surface area (Å²) in [6.07, 6.45) is 4.52. The summed E-state index contributed by atoms with van der Waals surface area (Å²) in [5.74, 6) is 0. The van der Waals surface area contributed by atoms with Gasteiger partial charge in [-0.25, -0.2) is 0 Å². The van der Waals surface area contributed by atoms with Crippen LogP contribution in [0.1, 0.15) is 46.0 Å². The highest BCUT2D eigenvalue weighted by molar-refractivity contribution is 5.06. The third kappa shape index (κ3) is 5.59. The third-order valence-electron chi connectivity index (χ3n) is 2.53. The Labute approximate surface area is 97.5 Å². The maximum Gasteiger partial charge on any atom is 0.106 e. The van der Waals surface area contributed by atoms with Crippen LogP contribution in [0.3, 0.4) is 0 Å². The standard InChI is InChI=1S/C11H21N5/c1-3-6-11(10-12,7-4-2)14-8-5-9-15-16-13/h14H,3-9H2,1-2H3. The summed E-state index contributed by atoms with van der Waals surface area (Å²) in [6.45, 7) is 5.39. The molecule has 0 aromatic carbocycles. The van der Waals surface area contributed by atoms with E-state index in [4.69, 9.17) is 5.53 Å². The van der Waals surface area contributed by atoms with Crippen LogP contribution in [0.25, 0.3) is 10.4 Å². The molecular formula is C11H21N5. The number of hydrogen-bond donors (Lipinski definition) is 1. The first-order valence-corrected chi connectivity index (χ1v) is 5.91. The first kappa shape index (κ1) is 14.8. The van der Waals surface area contributed by atoms with Crippen LogP contribution >= 0.6 is 0 Å². The zero-order chi connectivity index (χ0) is 12.3. The predicted molar refractivity (Wildman–Crippen MR) is 64.8 cm³/mol. The van der Waals surface area contributed by atoms with Crippen molar-refractivity contribution in [1.82, 2.24) is 5.32 Å². The van der Waals surface area contributed by atoms with E-state index in [2.05, 4.69) is 35.3 Å². The second-order valence-corrected chi connectivity index (χ2v) is 3.93. The Morgan fingerprint density at radius 1 is 1.38 bits per heavy atom. The zero-order valence-corrected chi connectivity index (χ0v) is 10.2. The second-order valence-electron chi connectivity index (χ2n) is 3.93. The average molecular weight is 223 g/mol. The highest BCUT2D eigenvalue weighted by Crippen LogP contribution is 2.18. The lowest BCUT2D eigenvalue weighted by atomic mass is 9.90. The van der Waals surface area contributed by atoms with Crippen LogP contribution < -0.4 is 5.32 Å². The highest BCUT2D eigenvalue weighted by atomic mass is 15.1. The SMILES string of the molecule is CCCC(C#N)(CCC)NCCCN=[N+]=[N-]. The van der Waals surface area contributed by atoms with Gasteiger partial charge in [-0.3, -0.25) is 5.32 Å². The lowest BCUT2D eigenvalue weighted by molar-refractivity contribution is 0.353. The largest absolute Gasteiger partial charge is 0.299 e. The molecule has 90 valence electrons. The minimum absolute atomic E-state index is 0.389. The molecule has 16 heavy (non-hydrogen) atoms. The van der Waals surface area contributed by atoms with Crippen molar-refractivity contribution in [3.8, 4) is 6.07 Å². The fourth-order valence-electron chi connectivity index (χ4n) is 1.83. The van der Waals surface area contributed by atoms with Crippen LogP contribution in [0.15, 0.2) is 5.11 Å². The minimum atomic E-state index is -0.389. The molecule has 0 rings (SSSR count). The monoisotopic (exact) mass is 223 g/mol. The summed E-state index contributed by atoms with van der Waals surface area (Å²) in [7, 11) is 0. The van der Waals surface area contributed by atoms with Gasteiger partial charge in [0.05, 0.1) is 6.07 Å². The molecule has 0 aliphatic heterocycles. The topological polar surface area (TPSA) is 84.6 Å². The quantitative estimate of drug-likeness (QED) is 0.282. The van der Waals surface area contributed by atoms with Gasteiger partial charge in [-0.1, -0.05) is 31.8 Å². The molecule has 5 nitrogen and oxygen atoms in total. The van der Waals surface area contributed by atoms with Crippen molar-refractivity contribution in [2.75, 3.05) is 13.1 Å². The van der Waals surface area contributed by atoms with Gasteiger partial charge >= 0.3 is 0 Å². The Balaban J connectivity index is 4.09. The molecule has 0 unspecified atom stereocenters. The number of rotatable bonds is 9. The van der Waals surface area contributed by atoms with Crippen molar-refractivity contribution in [2.45, 2.75) is 51.5 Å². The van der Waals surface area contributed by atoms with Gasteiger partial charge in [-0.05, 0) is 31.3 Å². The maximum atomic E-state index is 9.25. The van der Waals surface area contributed by atoms with E-state index < -0.39 is 0 Å². The van der Waals surface area contributed by atoms with E-state index >= 15 is 0 Å². The first-order chi connectivity index (χ1) is 7.74. The predicted octanol–water partition coefficient (Wildman–Crippen LogP) is 3.14. The van der Waals surface area contributed by atoms with Crippen molar-refractivity contribution in [2.24, 2.45) is 5.11 Å². The fourth-order valence-corrected chi connectivity index (χ4v) is 1.83. The third-order valence-corrected chi connectivity index (χ3v) is 2.53.